The number of carbonyl (C=O) groups excluding carboxylic acids is 1. The van der Waals surface area contributed by atoms with E-state index in [1.165, 1.54) is 13.0 Å². The van der Waals surface area contributed by atoms with Crippen molar-refractivity contribution in [1.29, 1.82) is 0 Å². The van der Waals surface area contributed by atoms with E-state index in [9.17, 15) is 9.18 Å². The van der Waals surface area contributed by atoms with Gasteiger partial charge in [-0.1, -0.05) is 19.1 Å². The van der Waals surface area contributed by atoms with Crippen LogP contribution in [-0.4, -0.2) is 24.2 Å². The summed E-state index contributed by atoms with van der Waals surface area (Å²) < 4.78 is 18.7. The van der Waals surface area contributed by atoms with Gasteiger partial charge in [-0.25, -0.2) is 4.39 Å². The van der Waals surface area contributed by atoms with Gasteiger partial charge < -0.3 is 15.4 Å². The van der Waals surface area contributed by atoms with E-state index >= 15 is 0 Å². The number of fused-ring (bicyclic) bond motifs is 1. The highest BCUT2D eigenvalue weighted by molar-refractivity contribution is 7.80. The van der Waals surface area contributed by atoms with Crippen molar-refractivity contribution >= 4 is 23.3 Å². The van der Waals surface area contributed by atoms with Crippen LogP contribution in [0.1, 0.15) is 43.4 Å². The SMILES string of the molecule is CC(=O)OCCNC(=S)NC1CC(C)c2c(F)cccc21. The van der Waals surface area contributed by atoms with Gasteiger partial charge in [0, 0.05) is 6.92 Å². The minimum Gasteiger partial charge on any atom is -0.464 e. The molecule has 2 unspecified atom stereocenters. The van der Waals surface area contributed by atoms with E-state index in [4.69, 9.17) is 17.0 Å². The maximum absolute atomic E-state index is 13.9. The van der Waals surface area contributed by atoms with Crippen molar-refractivity contribution in [3.05, 3.63) is 35.1 Å². The number of ether oxygens (including phenoxy) is 1. The Bertz CT molecular complexity index is 550. The fourth-order valence-corrected chi connectivity index (χ4v) is 2.93. The average molecular weight is 310 g/mol. The first kappa shape index (κ1) is 15.7. The summed E-state index contributed by atoms with van der Waals surface area (Å²) in [6.45, 7) is 4.09. The van der Waals surface area contributed by atoms with Crippen molar-refractivity contribution in [2.24, 2.45) is 0 Å². The first-order valence-electron chi connectivity index (χ1n) is 6.95. The molecule has 4 nitrogen and oxygen atoms in total. The molecule has 114 valence electrons. The van der Waals surface area contributed by atoms with Crippen molar-refractivity contribution in [2.45, 2.75) is 32.2 Å². The molecule has 1 aliphatic carbocycles. The number of hydrogen-bond donors (Lipinski definition) is 2. The molecule has 0 heterocycles. The molecule has 2 atom stereocenters. The molecule has 0 saturated carbocycles. The summed E-state index contributed by atoms with van der Waals surface area (Å²) >= 11 is 5.21. The Kier molecular flexibility index (Phi) is 5.12. The summed E-state index contributed by atoms with van der Waals surface area (Å²) in [5.74, 6) is -0.301. The lowest BCUT2D eigenvalue weighted by Gasteiger charge is -2.17. The van der Waals surface area contributed by atoms with Gasteiger partial charge in [0.25, 0.3) is 0 Å². The zero-order valence-electron chi connectivity index (χ0n) is 12.1. The van der Waals surface area contributed by atoms with Crippen LogP contribution < -0.4 is 10.6 Å². The Morgan fingerprint density at radius 1 is 1.52 bits per heavy atom. The molecule has 0 amide bonds. The van der Waals surface area contributed by atoms with E-state index in [1.807, 2.05) is 13.0 Å². The molecule has 0 fully saturated rings. The van der Waals surface area contributed by atoms with Crippen molar-refractivity contribution in [2.75, 3.05) is 13.2 Å². The lowest BCUT2D eigenvalue weighted by molar-refractivity contribution is -0.140. The normalized spacial score (nSPS) is 19.8. The lowest BCUT2D eigenvalue weighted by atomic mass is 10.0. The van der Waals surface area contributed by atoms with E-state index in [0.717, 1.165) is 17.5 Å². The van der Waals surface area contributed by atoms with Crippen LogP contribution in [0.4, 0.5) is 4.39 Å². The number of nitrogens with one attached hydrogen (secondary N) is 2. The molecule has 0 radical (unpaired) electrons. The summed E-state index contributed by atoms with van der Waals surface area (Å²) in [7, 11) is 0. The fraction of sp³-hybridized carbons (Fsp3) is 0.467. The van der Waals surface area contributed by atoms with Crippen LogP contribution in [-0.2, 0) is 9.53 Å². The molecule has 0 bridgehead atoms. The van der Waals surface area contributed by atoms with Crippen LogP contribution in [0.15, 0.2) is 18.2 Å². The predicted octanol–water partition coefficient (Wildman–Crippen LogP) is 2.40. The Labute approximate surface area is 129 Å². The van der Waals surface area contributed by atoms with Gasteiger partial charge in [0.2, 0.25) is 0 Å². The maximum atomic E-state index is 13.9. The molecular formula is C15H19FN2O2S. The highest BCUT2D eigenvalue weighted by atomic mass is 32.1. The van der Waals surface area contributed by atoms with Gasteiger partial charge in [-0.3, -0.25) is 4.79 Å². The number of rotatable bonds is 4. The van der Waals surface area contributed by atoms with Crippen molar-refractivity contribution in [3.8, 4) is 0 Å². The van der Waals surface area contributed by atoms with E-state index in [-0.39, 0.29) is 30.4 Å². The summed E-state index contributed by atoms with van der Waals surface area (Å²) in [5, 5.41) is 6.65. The van der Waals surface area contributed by atoms with Gasteiger partial charge in [-0.05, 0) is 41.7 Å². The van der Waals surface area contributed by atoms with Crippen LogP contribution in [0.2, 0.25) is 0 Å². The Morgan fingerprint density at radius 2 is 2.29 bits per heavy atom. The third-order valence-corrected chi connectivity index (χ3v) is 3.80. The van der Waals surface area contributed by atoms with Crippen LogP contribution in [0.5, 0.6) is 0 Å². The Hall–Kier alpha value is -1.69. The number of halogens is 1. The average Bonchev–Trinajstić information content (AvgIpc) is 2.72. The smallest absolute Gasteiger partial charge is 0.302 e. The summed E-state index contributed by atoms with van der Waals surface area (Å²) in [6, 6.07) is 5.16. The molecule has 0 aromatic heterocycles. The van der Waals surface area contributed by atoms with Gasteiger partial charge in [-0.15, -0.1) is 0 Å². The second-order valence-electron chi connectivity index (χ2n) is 5.17. The number of benzene rings is 1. The summed E-state index contributed by atoms with van der Waals surface area (Å²) in [6.07, 6.45) is 0.808. The van der Waals surface area contributed by atoms with Gasteiger partial charge in [0.05, 0.1) is 12.6 Å². The van der Waals surface area contributed by atoms with Crippen LogP contribution in [0.3, 0.4) is 0 Å². The van der Waals surface area contributed by atoms with E-state index in [2.05, 4.69) is 10.6 Å². The van der Waals surface area contributed by atoms with Gasteiger partial charge in [-0.2, -0.15) is 0 Å². The molecule has 1 aliphatic rings. The van der Waals surface area contributed by atoms with Crippen LogP contribution in [0, 0.1) is 5.82 Å². The third-order valence-electron chi connectivity index (χ3n) is 3.54. The molecule has 2 rings (SSSR count). The Morgan fingerprint density at radius 3 is 3.00 bits per heavy atom. The summed E-state index contributed by atoms with van der Waals surface area (Å²) in [4.78, 5) is 10.6. The van der Waals surface area contributed by atoms with E-state index in [0.29, 0.717) is 11.7 Å². The van der Waals surface area contributed by atoms with E-state index < -0.39 is 0 Å². The minimum atomic E-state index is -0.315. The zero-order valence-corrected chi connectivity index (χ0v) is 12.9. The zero-order chi connectivity index (χ0) is 15.4. The standard InChI is InChI=1S/C15H19FN2O2S/c1-9-8-13(11-4-3-5-12(16)14(9)11)18-15(21)17-6-7-20-10(2)19/h3-5,9,13H,6-8H2,1-2H3,(H2,17,18,21). The van der Waals surface area contributed by atoms with Crippen molar-refractivity contribution in [1.82, 2.24) is 10.6 Å². The molecule has 0 saturated heterocycles. The predicted molar refractivity (Wildman–Crippen MR) is 82.5 cm³/mol. The van der Waals surface area contributed by atoms with Crippen LogP contribution in [0.25, 0.3) is 0 Å². The Balaban J connectivity index is 1.89. The monoisotopic (exact) mass is 310 g/mol. The molecule has 1 aromatic carbocycles. The van der Waals surface area contributed by atoms with E-state index in [1.54, 1.807) is 6.07 Å². The molecule has 1 aromatic rings. The number of esters is 1. The van der Waals surface area contributed by atoms with Crippen LogP contribution >= 0.6 is 12.2 Å². The highest BCUT2D eigenvalue weighted by Crippen LogP contribution is 2.41. The second-order valence-corrected chi connectivity index (χ2v) is 5.58. The highest BCUT2D eigenvalue weighted by Gasteiger charge is 2.30. The first-order chi connectivity index (χ1) is 9.99. The first-order valence-corrected chi connectivity index (χ1v) is 7.36. The molecule has 0 aliphatic heterocycles. The molecule has 2 N–H and O–H groups in total. The lowest BCUT2D eigenvalue weighted by Crippen LogP contribution is -2.38. The molecule has 0 spiro atoms. The van der Waals surface area contributed by atoms with Gasteiger partial charge in [0.15, 0.2) is 5.11 Å². The molecule has 21 heavy (non-hydrogen) atoms. The number of hydrogen-bond acceptors (Lipinski definition) is 3. The summed E-state index contributed by atoms with van der Waals surface area (Å²) in [5.41, 5.74) is 1.74. The van der Waals surface area contributed by atoms with Gasteiger partial charge in [0.1, 0.15) is 12.4 Å². The molecular weight excluding hydrogens is 291 g/mol. The minimum absolute atomic E-state index is 0.0134. The van der Waals surface area contributed by atoms with Crippen molar-refractivity contribution in [3.63, 3.8) is 0 Å². The second kappa shape index (κ2) is 6.85. The third kappa shape index (κ3) is 3.91. The largest absolute Gasteiger partial charge is 0.464 e. The number of carbonyl (C=O) groups is 1. The van der Waals surface area contributed by atoms with Gasteiger partial charge >= 0.3 is 5.97 Å². The number of thiocarbonyl (C=S) groups is 1. The molecule has 6 heteroatoms. The fourth-order valence-electron chi connectivity index (χ4n) is 2.68. The maximum Gasteiger partial charge on any atom is 0.302 e. The van der Waals surface area contributed by atoms with Crippen molar-refractivity contribution < 1.29 is 13.9 Å². The topological polar surface area (TPSA) is 50.4 Å². The quantitative estimate of drug-likeness (QED) is 0.508.